The molecule has 0 aromatic carbocycles. The number of unbranched alkanes of at least 4 members (excludes halogenated alkanes) is 2. The highest BCUT2D eigenvalue weighted by Gasteiger charge is 2.03. The van der Waals surface area contributed by atoms with Gasteiger partial charge in [-0.3, -0.25) is 0 Å². The topological polar surface area (TPSA) is 37.3 Å². The Morgan fingerprint density at radius 2 is 1.71 bits per heavy atom. The highest BCUT2D eigenvalue weighted by Crippen LogP contribution is 2.08. The van der Waals surface area contributed by atoms with Crippen LogP contribution in [0.15, 0.2) is 0 Å². The Morgan fingerprint density at radius 3 is 2.07 bits per heavy atom. The van der Waals surface area contributed by atoms with Crippen molar-refractivity contribution in [3.8, 4) is 0 Å². The maximum atomic E-state index is 12.6. The average molecular weight is 271 g/mol. The normalized spacial score (nSPS) is 10.2. The van der Waals surface area contributed by atoms with Gasteiger partial charge in [-0.15, -0.1) is 24.8 Å². The van der Waals surface area contributed by atoms with Crippen LogP contribution in [0.25, 0.3) is 0 Å². The highest BCUT2D eigenvalue weighted by molar-refractivity contribution is 7.00. The summed E-state index contributed by atoms with van der Waals surface area (Å²) in [6.07, 6.45) is 3.34. The third-order valence-electron chi connectivity index (χ3n) is 1.56. The van der Waals surface area contributed by atoms with Gasteiger partial charge in [0.15, 0.2) is 0 Å². The van der Waals surface area contributed by atoms with Gasteiger partial charge >= 0.3 is 0 Å². The SMILES string of the molecule is CCCCCC(F)CCO.Cl.Cl.O=[PH3]. The lowest BCUT2D eigenvalue weighted by molar-refractivity contribution is 0.209. The van der Waals surface area contributed by atoms with Crippen LogP contribution < -0.4 is 0 Å². The van der Waals surface area contributed by atoms with Crippen LogP contribution in [-0.4, -0.2) is 17.9 Å². The van der Waals surface area contributed by atoms with Crippen molar-refractivity contribution in [3.05, 3.63) is 0 Å². The van der Waals surface area contributed by atoms with E-state index in [9.17, 15) is 4.39 Å². The summed E-state index contributed by atoms with van der Waals surface area (Å²) in [7, 11) is 0.611. The molecule has 14 heavy (non-hydrogen) atoms. The van der Waals surface area contributed by atoms with Gasteiger partial charge in [-0.2, -0.15) is 0 Å². The van der Waals surface area contributed by atoms with Crippen LogP contribution >= 0.6 is 33.9 Å². The lowest BCUT2D eigenvalue weighted by Crippen LogP contribution is -2.02. The number of rotatable bonds is 6. The molecule has 0 heterocycles. The van der Waals surface area contributed by atoms with Crippen LogP contribution in [-0.2, 0) is 4.57 Å². The molecule has 0 saturated carbocycles. The van der Waals surface area contributed by atoms with Crippen molar-refractivity contribution >= 4 is 33.9 Å². The number of hydrogen-bond acceptors (Lipinski definition) is 2. The molecule has 6 heteroatoms. The fourth-order valence-electron chi connectivity index (χ4n) is 0.900. The van der Waals surface area contributed by atoms with Crippen molar-refractivity contribution in [2.45, 2.75) is 45.2 Å². The molecule has 0 fully saturated rings. The minimum absolute atomic E-state index is 0. The number of aliphatic hydroxyl groups excluding tert-OH is 1. The minimum atomic E-state index is -0.781. The lowest BCUT2D eigenvalue weighted by atomic mass is 10.1. The van der Waals surface area contributed by atoms with Gasteiger partial charge in [0.1, 0.15) is 6.17 Å². The first kappa shape index (κ1) is 24.1. The van der Waals surface area contributed by atoms with Gasteiger partial charge in [-0.25, -0.2) is 4.39 Å². The monoisotopic (exact) mass is 270 g/mol. The summed E-state index contributed by atoms with van der Waals surface area (Å²) in [6, 6.07) is 0. The molecule has 0 amide bonds. The molecule has 0 radical (unpaired) electrons. The number of aliphatic hydroxyl groups is 1. The third-order valence-corrected chi connectivity index (χ3v) is 1.56. The molecule has 2 atom stereocenters. The summed E-state index contributed by atoms with van der Waals surface area (Å²) >= 11 is 0. The van der Waals surface area contributed by atoms with Crippen molar-refractivity contribution in [1.82, 2.24) is 0 Å². The zero-order valence-corrected chi connectivity index (χ0v) is 11.6. The first-order valence-corrected chi connectivity index (χ1v) is 4.92. The van der Waals surface area contributed by atoms with Crippen LogP contribution in [0.5, 0.6) is 0 Å². The second kappa shape index (κ2) is 23.5. The van der Waals surface area contributed by atoms with E-state index in [1.165, 1.54) is 0 Å². The third kappa shape index (κ3) is 23.0. The van der Waals surface area contributed by atoms with Crippen LogP contribution in [0, 0.1) is 0 Å². The molecule has 0 bridgehead atoms. The zero-order chi connectivity index (χ0) is 9.82. The smallest absolute Gasteiger partial charge is 0.102 e. The van der Waals surface area contributed by atoms with Crippen LogP contribution in [0.4, 0.5) is 4.39 Å². The maximum absolute atomic E-state index is 12.6. The summed E-state index contributed by atoms with van der Waals surface area (Å²) in [5.74, 6) is 0. The molecule has 92 valence electrons. The van der Waals surface area contributed by atoms with Gasteiger partial charge in [-0.1, -0.05) is 26.2 Å². The fourth-order valence-corrected chi connectivity index (χ4v) is 0.900. The maximum Gasteiger partial charge on any atom is 0.102 e. The van der Waals surface area contributed by atoms with Gasteiger partial charge < -0.3 is 9.67 Å². The molecule has 2 nitrogen and oxygen atoms in total. The molecule has 0 aliphatic carbocycles. The van der Waals surface area contributed by atoms with E-state index >= 15 is 0 Å². The van der Waals surface area contributed by atoms with E-state index in [1.807, 2.05) is 0 Å². The molecule has 0 spiro atoms. The molecule has 0 aliphatic heterocycles. The standard InChI is InChI=1S/C8H17FO.2ClH.H3OP/c1-2-3-4-5-8(9)6-7-10;;;1-2/h8,10H,2-7H2,1H3;2*1H;2H3. The van der Waals surface area contributed by atoms with Gasteiger partial charge in [0.05, 0.1) is 9.12 Å². The van der Waals surface area contributed by atoms with Crippen molar-refractivity contribution in [2.75, 3.05) is 6.61 Å². The molecular weight excluding hydrogens is 249 g/mol. The van der Waals surface area contributed by atoms with Crippen molar-refractivity contribution in [2.24, 2.45) is 0 Å². The first-order valence-electron chi connectivity index (χ1n) is 4.35. The Morgan fingerprint density at radius 1 is 1.21 bits per heavy atom. The van der Waals surface area contributed by atoms with Crippen LogP contribution in [0.1, 0.15) is 39.0 Å². The summed E-state index contributed by atoms with van der Waals surface area (Å²) in [5.41, 5.74) is 0. The zero-order valence-electron chi connectivity index (χ0n) is 8.58. The van der Waals surface area contributed by atoms with Crippen molar-refractivity contribution in [3.63, 3.8) is 0 Å². The van der Waals surface area contributed by atoms with Crippen molar-refractivity contribution < 1.29 is 14.1 Å². The largest absolute Gasteiger partial charge is 0.396 e. The van der Waals surface area contributed by atoms with E-state index < -0.39 is 6.17 Å². The molecule has 0 saturated heterocycles. The molecule has 0 aromatic rings. The Balaban J connectivity index is -0.000000117. The Bertz CT molecular complexity index is 91.7. The van der Waals surface area contributed by atoms with Gasteiger partial charge in [0.25, 0.3) is 0 Å². The second-order valence-corrected chi connectivity index (χ2v) is 2.61. The summed E-state index contributed by atoms with van der Waals surface area (Å²) in [4.78, 5) is 0. The Hall–Kier alpha value is 0.700. The quantitative estimate of drug-likeness (QED) is 0.595. The predicted octanol–water partition coefficient (Wildman–Crippen LogP) is 3.07. The summed E-state index contributed by atoms with van der Waals surface area (Å²) in [5, 5.41) is 8.35. The van der Waals surface area contributed by atoms with E-state index in [0.29, 0.717) is 22.0 Å². The minimum Gasteiger partial charge on any atom is -0.396 e. The highest BCUT2D eigenvalue weighted by atomic mass is 35.5. The molecule has 0 aliphatic rings. The van der Waals surface area contributed by atoms with Crippen LogP contribution in [0.3, 0.4) is 0 Å². The van der Waals surface area contributed by atoms with E-state index in [1.54, 1.807) is 0 Å². The summed E-state index contributed by atoms with van der Waals surface area (Å²) in [6.45, 7) is 2.08. The predicted molar refractivity (Wildman–Crippen MR) is 67.0 cm³/mol. The lowest BCUT2D eigenvalue weighted by Gasteiger charge is -2.03. The van der Waals surface area contributed by atoms with Crippen molar-refractivity contribution in [1.29, 1.82) is 0 Å². The molecule has 0 aromatic heterocycles. The second-order valence-electron chi connectivity index (χ2n) is 2.61. The average Bonchev–Trinajstić information content (AvgIpc) is 2.09. The van der Waals surface area contributed by atoms with Gasteiger partial charge in [-0.05, 0) is 6.42 Å². The fraction of sp³-hybridized carbons (Fsp3) is 1.00. The van der Waals surface area contributed by atoms with E-state index in [2.05, 4.69) is 6.92 Å². The first-order chi connectivity index (χ1) is 5.81. The van der Waals surface area contributed by atoms with E-state index in [-0.39, 0.29) is 31.4 Å². The Labute approximate surface area is 100 Å². The van der Waals surface area contributed by atoms with E-state index in [4.69, 9.17) is 9.67 Å². The molecule has 1 N–H and O–H groups in total. The van der Waals surface area contributed by atoms with Crippen LogP contribution in [0.2, 0.25) is 0 Å². The summed E-state index contributed by atoms with van der Waals surface area (Å²) < 4.78 is 20.8. The number of alkyl halides is 1. The van der Waals surface area contributed by atoms with E-state index in [0.717, 1.165) is 19.3 Å². The molecule has 2 unspecified atom stereocenters. The molecular formula is C8H22Cl2FO2P. The van der Waals surface area contributed by atoms with Gasteiger partial charge in [0, 0.05) is 13.0 Å². The molecule has 0 rings (SSSR count). The Kier molecular flexibility index (Phi) is 40.4. The number of halogens is 3. The van der Waals surface area contributed by atoms with Gasteiger partial charge in [0.2, 0.25) is 0 Å². The number of hydrogen-bond donors (Lipinski definition) is 1.